The lowest BCUT2D eigenvalue weighted by molar-refractivity contribution is 0.531. The molecule has 0 unspecified atom stereocenters. The fourth-order valence-electron chi connectivity index (χ4n) is 5.34. The molecule has 0 aromatic rings. The minimum Gasteiger partial charge on any atom is -0.0651 e. The molecule has 1 heteroatoms. The molecule has 0 heterocycles. The largest absolute Gasteiger partial charge is 0.0677 e. The summed E-state index contributed by atoms with van der Waals surface area (Å²) in [5.74, 6) is 0. The fourth-order valence-corrected chi connectivity index (χ4v) is 13.0. The summed E-state index contributed by atoms with van der Waals surface area (Å²) in [6.45, 7) is 15.2. The third kappa shape index (κ3) is 4.12. The van der Waals surface area contributed by atoms with Gasteiger partial charge in [0.1, 0.15) is 0 Å². The lowest BCUT2D eigenvalue weighted by Gasteiger charge is -2.49. The standard InChI is InChI=1S/C19H39Si/c1-16(2)20(17(3)4,18(5)6)19-14-12-10-8-7-9-11-13-15-19/h16-18H,7-15H2,1-6H3. The van der Waals surface area contributed by atoms with E-state index in [1.807, 2.05) is 0 Å². The van der Waals surface area contributed by atoms with Gasteiger partial charge in [-0.15, -0.1) is 0 Å². The van der Waals surface area contributed by atoms with Crippen LogP contribution in [0, 0.1) is 5.54 Å². The van der Waals surface area contributed by atoms with Crippen molar-refractivity contribution in [3.63, 3.8) is 0 Å². The number of hydrogen-bond acceptors (Lipinski definition) is 0. The van der Waals surface area contributed by atoms with Gasteiger partial charge in [0.15, 0.2) is 0 Å². The molecule has 0 saturated heterocycles. The smallest absolute Gasteiger partial charge is 0.0651 e. The van der Waals surface area contributed by atoms with Crippen LogP contribution in [-0.4, -0.2) is 8.07 Å². The lowest BCUT2D eigenvalue weighted by Crippen LogP contribution is -2.50. The van der Waals surface area contributed by atoms with E-state index in [0.29, 0.717) is 0 Å². The second kappa shape index (κ2) is 8.61. The molecule has 0 N–H and O–H groups in total. The van der Waals surface area contributed by atoms with Crippen LogP contribution >= 0.6 is 0 Å². The predicted octanol–water partition coefficient (Wildman–Crippen LogP) is 7.30. The summed E-state index contributed by atoms with van der Waals surface area (Å²) in [4.78, 5) is 0. The first kappa shape index (κ1) is 18.3. The van der Waals surface area contributed by atoms with Gasteiger partial charge in [0, 0.05) is 0 Å². The van der Waals surface area contributed by atoms with Crippen LogP contribution in [0.5, 0.6) is 0 Å². The van der Waals surface area contributed by atoms with Gasteiger partial charge in [-0.05, 0) is 18.4 Å². The second-order valence-electron chi connectivity index (χ2n) is 7.98. The molecule has 0 bridgehead atoms. The predicted molar refractivity (Wildman–Crippen MR) is 95.8 cm³/mol. The van der Waals surface area contributed by atoms with Crippen LogP contribution in [0.25, 0.3) is 0 Å². The van der Waals surface area contributed by atoms with Crippen molar-refractivity contribution >= 4 is 8.07 Å². The molecular weight excluding hydrogens is 256 g/mol. The molecule has 1 rings (SSSR count). The first-order valence-corrected chi connectivity index (χ1v) is 11.5. The molecule has 0 spiro atoms. The summed E-state index contributed by atoms with van der Waals surface area (Å²) in [5, 5.41) is 0. The Labute approximate surface area is 130 Å². The van der Waals surface area contributed by atoms with Crippen LogP contribution in [-0.2, 0) is 0 Å². The molecule has 0 aromatic heterocycles. The van der Waals surface area contributed by atoms with E-state index < -0.39 is 8.07 Å². The molecule has 1 fully saturated rings. The summed E-state index contributed by atoms with van der Waals surface area (Å²) < 4.78 is 0. The Morgan fingerprint density at radius 1 is 0.550 bits per heavy atom. The molecule has 0 atom stereocenters. The van der Waals surface area contributed by atoms with Gasteiger partial charge in [-0.3, -0.25) is 0 Å². The van der Waals surface area contributed by atoms with Crippen molar-refractivity contribution in [2.75, 3.05) is 0 Å². The first-order chi connectivity index (χ1) is 9.44. The van der Waals surface area contributed by atoms with Crippen molar-refractivity contribution in [3.8, 4) is 0 Å². The molecular formula is C19H39Si. The van der Waals surface area contributed by atoms with E-state index in [1.165, 1.54) is 57.8 Å². The zero-order valence-electron chi connectivity index (χ0n) is 15.1. The Morgan fingerprint density at radius 2 is 0.850 bits per heavy atom. The summed E-state index contributed by atoms with van der Waals surface area (Å²) in [6.07, 6.45) is 13.2. The van der Waals surface area contributed by atoms with E-state index >= 15 is 0 Å². The van der Waals surface area contributed by atoms with Gasteiger partial charge < -0.3 is 0 Å². The van der Waals surface area contributed by atoms with Crippen molar-refractivity contribution < 1.29 is 0 Å². The van der Waals surface area contributed by atoms with Gasteiger partial charge >= 0.3 is 0 Å². The third-order valence-electron chi connectivity index (χ3n) is 5.94. The van der Waals surface area contributed by atoms with Crippen molar-refractivity contribution in [1.29, 1.82) is 0 Å². The molecule has 1 saturated carbocycles. The van der Waals surface area contributed by atoms with Crippen molar-refractivity contribution in [2.24, 2.45) is 0 Å². The van der Waals surface area contributed by atoms with E-state index in [1.54, 1.807) is 0 Å². The Balaban J connectivity index is 2.95. The second-order valence-corrected chi connectivity index (χ2v) is 14.0. The highest BCUT2D eigenvalue weighted by Crippen LogP contribution is 2.50. The van der Waals surface area contributed by atoms with E-state index in [0.717, 1.165) is 16.6 Å². The van der Waals surface area contributed by atoms with E-state index in [-0.39, 0.29) is 0 Å². The quantitative estimate of drug-likeness (QED) is 0.477. The van der Waals surface area contributed by atoms with Crippen molar-refractivity contribution in [2.45, 2.75) is 116 Å². The van der Waals surface area contributed by atoms with E-state index in [4.69, 9.17) is 0 Å². The minimum absolute atomic E-state index is 0.903. The summed E-state index contributed by atoms with van der Waals surface area (Å²) in [6, 6.07) is 0. The van der Waals surface area contributed by atoms with E-state index in [9.17, 15) is 0 Å². The molecule has 0 nitrogen and oxygen atoms in total. The van der Waals surface area contributed by atoms with Crippen LogP contribution in [0.15, 0.2) is 0 Å². The van der Waals surface area contributed by atoms with Crippen LogP contribution in [0.4, 0.5) is 0 Å². The van der Waals surface area contributed by atoms with Crippen molar-refractivity contribution in [1.82, 2.24) is 0 Å². The normalized spacial score (nSPS) is 20.9. The molecule has 1 radical (unpaired) electrons. The zero-order valence-corrected chi connectivity index (χ0v) is 16.1. The maximum Gasteiger partial charge on any atom is 0.0677 e. The Bertz CT molecular complexity index is 223. The highest BCUT2D eigenvalue weighted by Gasteiger charge is 2.48. The lowest BCUT2D eigenvalue weighted by atomic mass is 10.0. The first-order valence-electron chi connectivity index (χ1n) is 9.29. The van der Waals surface area contributed by atoms with Gasteiger partial charge in [-0.2, -0.15) is 0 Å². The van der Waals surface area contributed by atoms with Gasteiger partial charge in [0.05, 0.1) is 8.07 Å². The molecule has 0 aromatic carbocycles. The highest BCUT2D eigenvalue weighted by molar-refractivity contribution is 6.88. The summed E-state index contributed by atoms with van der Waals surface area (Å²) in [5.41, 5.74) is 4.76. The van der Waals surface area contributed by atoms with Gasteiger partial charge in [0.2, 0.25) is 0 Å². The molecule has 20 heavy (non-hydrogen) atoms. The number of hydrogen-bond donors (Lipinski definition) is 0. The van der Waals surface area contributed by atoms with Crippen LogP contribution in [0.2, 0.25) is 16.6 Å². The average molecular weight is 296 g/mol. The Kier molecular flexibility index (Phi) is 7.86. The molecule has 119 valence electrons. The van der Waals surface area contributed by atoms with Crippen LogP contribution in [0.3, 0.4) is 0 Å². The average Bonchev–Trinajstić information content (AvgIpc) is 2.36. The van der Waals surface area contributed by atoms with E-state index in [2.05, 4.69) is 47.1 Å². The molecule has 1 aliphatic rings. The van der Waals surface area contributed by atoms with Gasteiger partial charge in [-0.1, -0.05) is 103 Å². The van der Waals surface area contributed by atoms with Crippen LogP contribution < -0.4 is 0 Å². The molecule has 0 amide bonds. The summed E-state index contributed by atoms with van der Waals surface area (Å²) in [7, 11) is -1.30. The highest BCUT2D eigenvalue weighted by atomic mass is 28.3. The third-order valence-corrected chi connectivity index (χ3v) is 13.4. The SMILES string of the molecule is CC(C)[Si]([C]1CCCCCCCCC1)(C(C)C)C(C)C. The van der Waals surface area contributed by atoms with Crippen molar-refractivity contribution in [3.05, 3.63) is 5.54 Å². The maximum atomic E-state index is 2.53. The molecule has 0 aliphatic heterocycles. The van der Waals surface area contributed by atoms with Crippen LogP contribution in [0.1, 0.15) is 99.3 Å². The molecule has 1 aliphatic carbocycles. The maximum absolute atomic E-state index is 2.53. The minimum atomic E-state index is -1.30. The van der Waals surface area contributed by atoms with Gasteiger partial charge in [0.25, 0.3) is 0 Å². The monoisotopic (exact) mass is 295 g/mol. The Hall–Kier alpha value is 0.217. The topological polar surface area (TPSA) is 0 Å². The van der Waals surface area contributed by atoms with Gasteiger partial charge in [-0.25, -0.2) is 0 Å². The Morgan fingerprint density at radius 3 is 1.15 bits per heavy atom. The zero-order chi connectivity index (χ0) is 15.2. The summed E-state index contributed by atoms with van der Waals surface area (Å²) >= 11 is 0. The number of rotatable bonds is 4. The fraction of sp³-hybridized carbons (Fsp3) is 0.947.